The Hall–Kier alpha value is -2.65. The van der Waals surface area contributed by atoms with Gasteiger partial charge in [0.05, 0.1) is 15.4 Å². The van der Waals surface area contributed by atoms with Crippen molar-refractivity contribution in [3.63, 3.8) is 0 Å². The van der Waals surface area contributed by atoms with Crippen LogP contribution in [0.15, 0.2) is 41.2 Å². The van der Waals surface area contributed by atoms with Gasteiger partial charge >= 0.3 is 0 Å². The van der Waals surface area contributed by atoms with Crippen molar-refractivity contribution in [2.45, 2.75) is 13.5 Å². The summed E-state index contributed by atoms with van der Waals surface area (Å²) in [4.78, 5) is 38.0. The number of nitrogens with one attached hydrogen (secondary N) is 2. The second-order valence-corrected chi connectivity index (χ2v) is 8.70. The number of halogens is 3. The predicted octanol–water partition coefficient (Wildman–Crippen LogP) is 4.67. The molecule has 0 aliphatic heterocycles. The zero-order chi connectivity index (χ0) is 22.3. The van der Waals surface area contributed by atoms with Gasteiger partial charge in [0.25, 0.3) is 17.4 Å². The van der Waals surface area contributed by atoms with E-state index in [1.165, 1.54) is 10.7 Å². The smallest absolute Gasteiger partial charge is 0.267 e. The summed E-state index contributed by atoms with van der Waals surface area (Å²) < 4.78 is 1.83. The van der Waals surface area contributed by atoms with Crippen molar-refractivity contribution < 1.29 is 9.59 Å². The van der Waals surface area contributed by atoms with Crippen LogP contribution in [-0.4, -0.2) is 21.6 Å². The number of aromatic nitrogens is 2. The van der Waals surface area contributed by atoms with Gasteiger partial charge < -0.3 is 0 Å². The van der Waals surface area contributed by atoms with E-state index in [0.717, 1.165) is 11.3 Å². The lowest BCUT2D eigenvalue weighted by Gasteiger charge is -2.10. The van der Waals surface area contributed by atoms with Gasteiger partial charge in [-0.1, -0.05) is 53.0 Å². The monoisotopic (exact) mass is 494 g/mol. The van der Waals surface area contributed by atoms with Crippen LogP contribution in [0.3, 0.4) is 0 Å². The average Bonchev–Trinajstić information content (AvgIpc) is 3.08. The maximum absolute atomic E-state index is 12.8. The van der Waals surface area contributed by atoms with E-state index < -0.39 is 11.8 Å². The molecule has 2 aromatic carbocycles. The fourth-order valence-electron chi connectivity index (χ4n) is 3.10. The molecule has 2 N–H and O–H groups in total. The third kappa shape index (κ3) is 3.87. The summed E-state index contributed by atoms with van der Waals surface area (Å²) in [6, 6.07) is 9.82. The first kappa shape index (κ1) is 21.6. The summed E-state index contributed by atoms with van der Waals surface area (Å²) in [5, 5.41) is 6.28. The molecule has 2 amide bonds. The lowest BCUT2D eigenvalue weighted by Crippen LogP contribution is -2.42. The Morgan fingerprint density at radius 2 is 1.74 bits per heavy atom. The van der Waals surface area contributed by atoms with Crippen LogP contribution in [0.5, 0.6) is 0 Å². The molecule has 0 bridgehead atoms. The van der Waals surface area contributed by atoms with Crippen LogP contribution in [0, 0.1) is 0 Å². The Kier molecular flexibility index (Phi) is 5.90. The number of thiophene rings is 1. The van der Waals surface area contributed by atoms with Crippen molar-refractivity contribution in [1.82, 2.24) is 20.6 Å². The molecule has 0 aliphatic rings. The molecule has 2 heterocycles. The number of benzene rings is 2. The van der Waals surface area contributed by atoms with E-state index in [9.17, 15) is 14.4 Å². The molecule has 0 unspecified atom stereocenters. The van der Waals surface area contributed by atoms with Gasteiger partial charge in [0.15, 0.2) is 5.69 Å². The van der Waals surface area contributed by atoms with E-state index in [1.54, 1.807) is 37.3 Å². The fraction of sp³-hybridized carbons (Fsp3) is 0.100. The zero-order valence-corrected chi connectivity index (χ0v) is 18.9. The number of hydrogen-bond donors (Lipinski definition) is 2. The van der Waals surface area contributed by atoms with Gasteiger partial charge in [-0.3, -0.25) is 25.2 Å². The maximum atomic E-state index is 12.8. The topological polar surface area (TPSA) is 93.1 Å². The van der Waals surface area contributed by atoms with Crippen LogP contribution in [0.1, 0.15) is 27.1 Å². The Balaban J connectivity index is 1.63. The molecular formula is C20H13Cl3N4O3S. The molecule has 2 aromatic heterocycles. The molecule has 0 radical (unpaired) electrons. The molecule has 158 valence electrons. The minimum absolute atomic E-state index is 0.00890. The van der Waals surface area contributed by atoms with E-state index in [2.05, 4.69) is 16.0 Å². The van der Waals surface area contributed by atoms with Crippen molar-refractivity contribution in [3.8, 4) is 0 Å². The van der Waals surface area contributed by atoms with E-state index in [0.29, 0.717) is 30.9 Å². The molecule has 0 fully saturated rings. The lowest BCUT2D eigenvalue weighted by atomic mass is 10.1. The van der Waals surface area contributed by atoms with Crippen LogP contribution in [0.25, 0.3) is 20.9 Å². The molecule has 4 rings (SSSR count). The first-order valence-corrected chi connectivity index (χ1v) is 10.9. The molecule has 11 heteroatoms. The average molecular weight is 496 g/mol. The number of fused-ring (bicyclic) bond motifs is 2. The normalized spacial score (nSPS) is 11.1. The molecule has 0 atom stereocenters. The third-order valence-corrected chi connectivity index (χ3v) is 6.67. The number of carbonyl (C=O) groups excluding carboxylic acids is 2. The quantitative estimate of drug-likeness (QED) is 0.404. The molecule has 7 nitrogen and oxygen atoms in total. The van der Waals surface area contributed by atoms with Crippen molar-refractivity contribution in [2.24, 2.45) is 0 Å². The predicted molar refractivity (Wildman–Crippen MR) is 123 cm³/mol. The Bertz CT molecular complexity index is 1430. The minimum atomic E-state index is -0.676. The van der Waals surface area contributed by atoms with E-state index >= 15 is 0 Å². The van der Waals surface area contributed by atoms with Gasteiger partial charge in [-0.25, -0.2) is 4.68 Å². The van der Waals surface area contributed by atoms with Crippen molar-refractivity contribution in [1.29, 1.82) is 0 Å². The number of hydrazine groups is 1. The highest BCUT2D eigenvalue weighted by molar-refractivity contribution is 7.21. The number of nitrogens with zero attached hydrogens (tertiary/aromatic N) is 2. The minimum Gasteiger partial charge on any atom is -0.267 e. The number of amides is 2. The van der Waals surface area contributed by atoms with Gasteiger partial charge in [0.2, 0.25) is 0 Å². The van der Waals surface area contributed by atoms with E-state index in [1.807, 2.05) is 0 Å². The summed E-state index contributed by atoms with van der Waals surface area (Å²) >= 11 is 19.6. The highest BCUT2D eigenvalue weighted by Crippen LogP contribution is 2.41. The first-order valence-electron chi connectivity index (χ1n) is 8.99. The van der Waals surface area contributed by atoms with Crippen LogP contribution in [-0.2, 0) is 6.54 Å². The van der Waals surface area contributed by atoms with Crippen LogP contribution >= 0.6 is 46.1 Å². The van der Waals surface area contributed by atoms with Crippen molar-refractivity contribution in [2.75, 3.05) is 0 Å². The highest BCUT2D eigenvalue weighted by atomic mass is 35.5. The van der Waals surface area contributed by atoms with E-state index in [-0.39, 0.29) is 27.7 Å². The van der Waals surface area contributed by atoms with Crippen molar-refractivity contribution >= 4 is 78.8 Å². The largest absolute Gasteiger partial charge is 0.290 e. The molecule has 4 aromatic rings. The second kappa shape index (κ2) is 8.47. The fourth-order valence-corrected chi connectivity index (χ4v) is 5.38. The van der Waals surface area contributed by atoms with Gasteiger partial charge in [0.1, 0.15) is 4.88 Å². The number of rotatable bonds is 3. The SMILES string of the molecule is CCn1nc(C(=O)NNC(=O)c2sc3cc(Cl)cc(Cl)c3c2Cl)c2ccccc2c1=O. The molecular weight excluding hydrogens is 483 g/mol. The Labute approximate surface area is 194 Å². The molecule has 31 heavy (non-hydrogen) atoms. The maximum Gasteiger partial charge on any atom is 0.290 e. The van der Waals surface area contributed by atoms with Crippen LogP contribution < -0.4 is 16.4 Å². The summed E-state index contributed by atoms with van der Waals surface area (Å²) in [6.45, 7) is 2.03. The number of carbonyl (C=O) groups is 2. The van der Waals surface area contributed by atoms with Crippen molar-refractivity contribution in [3.05, 3.63) is 72.4 Å². The lowest BCUT2D eigenvalue weighted by molar-refractivity contribution is 0.0846. The summed E-state index contributed by atoms with van der Waals surface area (Å²) in [7, 11) is 0. The van der Waals surface area contributed by atoms with E-state index in [4.69, 9.17) is 34.8 Å². The van der Waals surface area contributed by atoms with Gasteiger partial charge in [-0.2, -0.15) is 5.10 Å². The highest BCUT2D eigenvalue weighted by Gasteiger charge is 2.21. The van der Waals surface area contributed by atoms with Crippen LogP contribution in [0.2, 0.25) is 15.1 Å². The summed E-state index contributed by atoms with van der Waals surface area (Å²) in [5.41, 5.74) is 4.37. The van der Waals surface area contributed by atoms with Gasteiger partial charge in [0, 0.05) is 27.0 Å². The molecule has 0 saturated heterocycles. The Morgan fingerprint density at radius 1 is 1.06 bits per heavy atom. The standard InChI is InChI=1S/C20H13Cl3N4O3S/c1-2-27-20(30)11-6-4-3-5-10(11)16(26-27)18(28)24-25-19(29)17-15(23)14-12(22)7-9(21)8-13(14)31-17/h3-8H,2H2,1H3,(H,24,28)(H,25,29). The van der Waals surface area contributed by atoms with Crippen LogP contribution in [0.4, 0.5) is 0 Å². The number of aryl methyl sites for hydroxylation is 1. The third-order valence-electron chi connectivity index (χ3n) is 4.53. The van der Waals surface area contributed by atoms with Gasteiger partial charge in [-0.05, 0) is 25.1 Å². The first-order chi connectivity index (χ1) is 14.8. The summed E-state index contributed by atoms with van der Waals surface area (Å²) in [6.07, 6.45) is 0. The second-order valence-electron chi connectivity index (χ2n) is 6.43. The van der Waals surface area contributed by atoms with Gasteiger partial charge in [-0.15, -0.1) is 11.3 Å². The Morgan fingerprint density at radius 3 is 2.45 bits per heavy atom. The summed E-state index contributed by atoms with van der Waals surface area (Å²) in [5.74, 6) is -1.30. The molecule has 0 aliphatic carbocycles. The number of hydrogen-bond acceptors (Lipinski definition) is 5. The molecule has 0 saturated carbocycles. The molecule has 0 spiro atoms. The zero-order valence-electron chi connectivity index (χ0n) is 15.8.